The topological polar surface area (TPSA) is 12.0 Å². The molecule has 1 heteroatoms. The molecule has 1 saturated heterocycles. The summed E-state index contributed by atoms with van der Waals surface area (Å²) in [6.45, 7) is 7.40. The highest BCUT2D eigenvalue weighted by molar-refractivity contribution is 4.98. The van der Waals surface area contributed by atoms with Crippen LogP contribution in [0.4, 0.5) is 0 Å². The number of hydrogen-bond donors (Lipinski definition) is 1. The summed E-state index contributed by atoms with van der Waals surface area (Å²) in [5.41, 5.74) is 0.737. The molecule has 1 N–H and O–H groups in total. The molecular formula is C17H31N. The van der Waals surface area contributed by atoms with Crippen LogP contribution >= 0.6 is 0 Å². The van der Waals surface area contributed by atoms with Gasteiger partial charge in [0.2, 0.25) is 0 Å². The van der Waals surface area contributed by atoms with Crippen molar-refractivity contribution < 1.29 is 0 Å². The van der Waals surface area contributed by atoms with Gasteiger partial charge in [0.05, 0.1) is 0 Å². The van der Waals surface area contributed by atoms with E-state index >= 15 is 0 Å². The van der Waals surface area contributed by atoms with Crippen LogP contribution in [0.2, 0.25) is 0 Å². The second-order valence-electron chi connectivity index (χ2n) is 7.84. The van der Waals surface area contributed by atoms with Gasteiger partial charge in [-0.25, -0.2) is 0 Å². The molecule has 0 amide bonds. The van der Waals surface area contributed by atoms with Gasteiger partial charge in [-0.2, -0.15) is 0 Å². The highest BCUT2D eigenvalue weighted by Crippen LogP contribution is 2.55. The lowest BCUT2D eigenvalue weighted by Gasteiger charge is -2.50. The Labute approximate surface area is 113 Å². The zero-order valence-corrected chi connectivity index (χ0v) is 12.4. The number of piperidine rings is 1. The molecule has 104 valence electrons. The molecule has 1 nitrogen and oxygen atoms in total. The Balaban J connectivity index is 1.71. The molecule has 18 heavy (non-hydrogen) atoms. The minimum atomic E-state index is 0.737. The molecule has 3 atom stereocenters. The van der Waals surface area contributed by atoms with E-state index in [4.69, 9.17) is 0 Å². The third kappa shape index (κ3) is 2.61. The third-order valence-electron chi connectivity index (χ3n) is 6.02. The van der Waals surface area contributed by atoms with Gasteiger partial charge in [-0.15, -0.1) is 0 Å². The predicted octanol–water partition coefficient (Wildman–Crippen LogP) is 4.23. The van der Waals surface area contributed by atoms with E-state index in [1.165, 1.54) is 38.8 Å². The van der Waals surface area contributed by atoms with Crippen LogP contribution in [0, 0.1) is 29.1 Å². The van der Waals surface area contributed by atoms with Gasteiger partial charge in [-0.05, 0) is 80.7 Å². The molecule has 3 aliphatic rings. The highest BCUT2D eigenvalue weighted by Gasteiger charge is 2.46. The van der Waals surface area contributed by atoms with Crippen molar-refractivity contribution in [3.63, 3.8) is 0 Å². The molecule has 1 heterocycles. The average Bonchev–Trinajstić information content (AvgIpc) is 3.16. The van der Waals surface area contributed by atoms with Gasteiger partial charge in [0.1, 0.15) is 0 Å². The molecule has 3 fully saturated rings. The summed E-state index contributed by atoms with van der Waals surface area (Å²) in [6.07, 6.45) is 12.2. The van der Waals surface area contributed by atoms with Crippen LogP contribution in [0.25, 0.3) is 0 Å². The van der Waals surface area contributed by atoms with E-state index in [1.54, 1.807) is 25.7 Å². The molecule has 0 aromatic carbocycles. The van der Waals surface area contributed by atoms with Crippen LogP contribution in [0.3, 0.4) is 0 Å². The smallest absolute Gasteiger partial charge is 0.00151 e. The van der Waals surface area contributed by atoms with Gasteiger partial charge in [-0.3, -0.25) is 0 Å². The van der Waals surface area contributed by atoms with Gasteiger partial charge in [0, 0.05) is 0 Å². The maximum absolute atomic E-state index is 3.67. The number of hydrogen-bond acceptors (Lipinski definition) is 1. The molecule has 0 bridgehead atoms. The van der Waals surface area contributed by atoms with Crippen LogP contribution < -0.4 is 5.32 Å². The van der Waals surface area contributed by atoms with E-state index < -0.39 is 0 Å². The fraction of sp³-hybridized carbons (Fsp3) is 1.00. The van der Waals surface area contributed by atoms with E-state index in [0.29, 0.717) is 0 Å². The molecule has 0 aromatic rings. The Hall–Kier alpha value is -0.0400. The summed E-state index contributed by atoms with van der Waals surface area (Å²) in [6, 6.07) is 0. The Morgan fingerprint density at radius 1 is 1.11 bits per heavy atom. The minimum absolute atomic E-state index is 0.737. The number of rotatable bonds is 3. The Kier molecular flexibility index (Phi) is 3.71. The summed E-state index contributed by atoms with van der Waals surface area (Å²) in [5.74, 6) is 4.07. The van der Waals surface area contributed by atoms with Crippen molar-refractivity contribution in [1.82, 2.24) is 5.32 Å². The minimum Gasteiger partial charge on any atom is -0.316 e. The van der Waals surface area contributed by atoms with E-state index in [-0.39, 0.29) is 0 Å². The van der Waals surface area contributed by atoms with E-state index in [9.17, 15) is 0 Å². The van der Waals surface area contributed by atoms with Crippen molar-refractivity contribution in [1.29, 1.82) is 0 Å². The first-order valence-electron chi connectivity index (χ1n) is 8.40. The lowest BCUT2D eigenvalue weighted by Crippen LogP contribution is -2.48. The summed E-state index contributed by atoms with van der Waals surface area (Å²) >= 11 is 0. The maximum Gasteiger partial charge on any atom is -0.00151 e. The molecule has 3 rings (SSSR count). The van der Waals surface area contributed by atoms with E-state index in [2.05, 4.69) is 19.2 Å². The van der Waals surface area contributed by atoms with Crippen molar-refractivity contribution in [2.24, 2.45) is 29.1 Å². The van der Waals surface area contributed by atoms with Crippen molar-refractivity contribution in [2.75, 3.05) is 13.1 Å². The van der Waals surface area contributed by atoms with Gasteiger partial charge in [0.25, 0.3) is 0 Å². The van der Waals surface area contributed by atoms with Gasteiger partial charge in [-0.1, -0.05) is 26.7 Å². The molecule has 3 unspecified atom stereocenters. The van der Waals surface area contributed by atoms with Crippen LogP contribution in [-0.2, 0) is 0 Å². The average molecular weight is 249 g/mol. The molecule has 1 spiro atoms. The quantitative estimate of drug-likeness (QED) is 0.789. The first-order valence-corrected chi connectivity index (χ1v) is 8.40. The third-order valence-corrected chi connectivity index (χ3v) is 6.02. The monoisotopic (exact) mass is 249 g/mol. The van der Waals surface area contributed by atoms with Gasteiger partial charge >= 0.3 is 0 Å². The molecule has 2 saturated carbocycles. The lowest BCUT2D eigenvalue weighted by molar-refractivity contribution is 0.0167. The molecule has 0 aromatic heterocycles. The van der Waals surface area contributed by atoms with Crippen LogP contribution in [0.1, 0.15) is 65.2 Å². The van der Waals surface area contributed by atoms with Crippen LogP contribution in [-0.4, -0.2) is 13.1 Å². The van der Waals surface area contributed by atoms with E-state index in [0.717, 1.165) is 29.1 Å². The highest BCUT2D eigenvalue weighted by atomic mass is 14.9. The van der Waals surface area contributed by atoms with Gasteiger partial charge < -0.3 is 5.32 Å². The Morgan fingerprint density at radius 3 is 2.67 bits per heavy atom. The van der Waals surface area contributed by atoms with Gasteiger partial charge in [0.15, 0.2) is 0 Å². The fourth-order valence-electron chi connectivity index (χ4n) is 4.95. The predicted molar refractivity (Wildman–Crippen MR) is 77.5 cm³/mol. The van der Waals surface area contributed by atoms with Crippen LogP contribution in [0.5, 0.6) is 0 Å². The Bertz CT molecular complexity index is 277. The molecule has 1 aliphatic heterocycles. The second kappa shape index (κ2) is 5.15. The Morgan fingerprint density at radius 2 is 1.94 bits per heavy atom. The lowest BCUT2D eigenvalue weighted by atomic mass is 9.58. The van der Waals surface area contributed by atoms with Crippen molar-refractivity contribution in [2.45, 2.75) is 65.2 Å². The van der Waals surface area contributed by atoms with E-state index in [1.807, 2.05) is 0 Å². The van der Waals surface area contributed by atoms with Crippen molar-refractivity contribution in [3.8, 4) is 0 Å². The summed E-state index contributed by atoms with van der Waals surface area (Å²) in [4.78, 5) is 0. The molecular weight excluding hydrogens is 218 g/mol. The standard InChI is InChI=1S/C17H31N/c1-13(2)10-16-12-18-9-8-17(16)7-3-4-15(11-17)14-5-6-14/h13-16,18H,3-12H2,1-2H3. The summed E-state index contributed by atoms with van der Waals surface area (Å²) in [5, 5.41) is 3.67. The van der Waals surface area contributed by atoms with Crippen molar-refractivity contribution in [3.05, 3.63) is 0 Å². The SMILES string of the molecule is CC(C)CC1CNCCC12CCCC(C1CC1)C2. The largest absolute Gasteiger partial charge is 0.316 e. The normalized spacial score (nSPS) is 41.5. The maximum atomic E-state index is 3.67. The summed E-state index contributed by atoms with van der Waals surface area (Å²) in [7, 11) is 0. The second-order valence-corrected chi connectivity index (χ2v) is 7.84. The molecule has 2 aliphatic carbocycles. The first-order chi connectivity index (χ1) is 8.70. The fourth-order valence-corrected chi connectivity index (χ4v) is 4.95. The first kappa shape index (κ1) is 13.0. The van der Waals surface area contributed by atoms with Crippen molar-refractivity contribution >= 4 is 0 Å². The van der Waals surface area contributed by atoms with Crippen LogP contribution in [0.15, 0.2) is 0 Å². The summed E-state index contributed by atoms with van der Waals surface area (Å²) < 4.78 is 0. The molecule has 0 radical (unpaired) electrons. The zero-order valence-electron chi connectivity index (χ0n) is 12.4. The zero-order chi connectivity index (χ0) is 12.6. The number of nitrogens with one attached hydrogen (secondary N) is 1.